The van der Waals surface area contributed by atoms with Crippen LogP contribution in [0, 0.1) is 19.7 Å². The Kier molecular flexibility index (Phi) is 7.50. The number of nitrogens with one attached hydrogen (secondary N) is 2. The van der Waals surface area contributed by atoms with Crippen molar-refractivity contribution >= 4 is 34.8 Å². The van der Waals surface area contributed by atoms with Gasteiger partial charge in [0.05, 0.1) is 17.9 Å². The maximum atomic E-state index is 14.0. The highest BCUT2D eigenvalue weighted by molar-refractivity contribution is 6.21. The first-order valence-corrected chi connectivity index (χ1v) is 12.8. The number of Topliss-reactive ketones (excluding diaryl/α,β-unsaturated/α-hetero) is 1. The molecule has 5 rings (SSSR count). The Morgan fingerprint density at radius 3 is 2.33 bits per heavy atom. The first-order valence-electron chi connectivity index (χ1n) is 12.8. The number of fused-ring (bicyclic) bond motifs is 1. The predicted molar refractivity (Wildman–Crippen MR) is 153 cm³/mol. The standard InChI is InChI=1S/C32H27FN4O3/c1-20-10-6-7-13-24(20)28(38)19-37-27-15-9-8-14-25(27)29(22-11-4-3-5-12-22)35-30(31(37)39)36-32(40)34-23-17-16-21(2)26(33)18-23/h3-18,30H,19H2,1-2H3,(H2,34,36,40)/t30-/m1/s1. The van der Waals surface area contributed by atoms with Crippen LogP contribution in [0.25, 0.3) is 0 Å². The van der Waals surface area contributed by atoms with E-state index in [0.29, 0.717) is 28.1 Å². The highest BCUT2D eigenvalue weighted by atomic mass is 19.1. The highest BCUT2D eigenvalue weighted by Crippen LogP contribution is 2.29. The topological polar surface area (TPSA) is 90.9 Å². The van der Waals surface area contributed by atoms with Crippen LogP contribution in [0.3, 0.4) is 0 Å². The number of hydrogen-bond donors (Lipinski definition) is 2. The van der Waals surface area contributed by atoms with Gasteiger partial charge in [0.15, 0.2) is 5.78 Å². The van der Waals surface area contributed by atoms with Crippen LogP contribution in [0.2, 0.25) is 0 Å². The molecule has 0 radical (unpaired) electrons. The summed E-state index contributed by atoms with van der Waals surface area (Å²) in [6.45, 7) is 3.21. The van der Waals surface area contributed by atoms with Gasteiger partial charge in [-0.15, -0.1) is 0 Å². The van der Waals surface area contributed by atoms with E-state index in [1.807, 2.05) is 61.5 Å². The van der Waals surface area contributed by atoms with Gasteiger partial charge in [-0.05, 0) is 43.2 Å². The number of amides is 3. The molecule has 1 atom stereocenters. The number of para-hydroxylation sites is 1. The average Bonchev–Trinajstić information content (AvgIpc) is 3.06. The number of nitrogens with zero attached hydrogens (tertiary/aromatic N) is 2. The van der Waals surface area contributed by atoms with Gasteiger partial charge in [-0.2, -0.15) is 0 Å². The molecular weight excluding hydrogens is 507 g/mol. The minimum absolute atomic E-state index is 0.226. The van der Waals surface area contributed by atoms with E-state index in [0.717, 1.165) is 11.1 Å². The first-order chi connectivity index (χ1) is 19.3. The fourth-order valence-corrected chi connectivity index (χ4v) is 4.59. The van der Waals surface area contributed by atoms with Crippen LogP contribution in [-0.2, 0) is 4.79 Å². The number of aliphatic imine (C=N–C) groups is 1. The Bertz CT molecular complexity index is 1630. The van der Waals surface area contributed by atoms with Crippen LogP contribution in [0.1, 0.15) is 32.6 Å². The van der Waals surface area contributed by atoms with E-state index < -0.39 is 23.9 Å². The second kappa shape index (κ2) is 11.3. The fraction of sp³-hybridized carbons (Fsp3) is 0.125. The molecule has 0 bridgehead atoms. The zero-order valence-electron chi connectivity index (χ0n) is 22.0. The third-order valence-corrected chi connectivity index (χ3v) is 6.70. The number of aryl methyl sites for hydroxylation is 2. The second-order valence-corrected chi connectivity index (χ2v) is 9.49. The molecule has 4 aromatic carbocycles. The largest absolute Gasteiger partial charge is 0.321 e. The third kappa shape index (κ3) is 5.51. The Hall–Kier alpha value is -5.11. The summed E-state index contributed by atoms with van der Waals surface area (Å²) in [7, 11) is 0. The summed E-state index contributed by atoms with van der Waals surface area (Å²) in [4.78, 5) is 46.5. The van der Waals surface area contributed by atoms with Crippen LogP contribution in [0.4, 0.5) is 20.6 Å². The number of hydrogen-bond acceptors (Lipinski definition) is 4. The molecule has 0 unspecified atom stereocenters. The summed E-state index contributed by atoms with van der Waals surface area (Å²) < 4.78 is 14.0. The Morgan fingerprint density at radius 1 is 0.875 bits per heavy atom. The molecule has 0 aliphatic carbocycles. The average molecular weight is 535 g/mol. The number of halogens is 1. The van der Waals surface area contributed by atoms with Crippen LogP contribution in [-0.4, -0.2) is 36.1 Å². The van der Waals surface area contributed by atoms with Gasteiger partial charge in [0.2, 0.25) is 6.17 Å². The molecular formula is C32H27FN4O3. The molecule has 200 valence electrons. The van der Waals surface area contributed by atoms with Crippen molar-refractivity contribution in [1.82, 2.24) is 5.32 Å². The number of anilines is 2. The van der Waals surface area contributed by atoms with Crippen molar-refractivity contribution in [2.75, 3.05) is 16.8 Å². The summed E-state index contributed by atoms with van der Waals surface area (Å²) >= 11 is 0. The van der Waals surface area contributed by atoms with Gasteiger partial charge in [-0.3, -0.25) is 9.59 Å². The van der Waals surface area contributed by atoms with Gasteiger partial charge in [0, 0.05) is 22.4 Å². The number of benzene rings is 4. The number of carbonyl (C=O) groups excluding carboxylic acids is 3. The minimum Gasteiger partial charge on any atom is -0.308 e. The van der Waals surface area contributed by atoms with Gasteiger partial charge < -0.3 is 15.5 Å². The summed E-state index contributed by atoms with van der Waals surface area (Å²) in [5.74, 6) is -1.29. The van der Waals surface area contributed by atoms with Crippen LogP contribution < -0.4 is 15.5 Å². The van der Waals surface area contributed by atoms with E-state index in [1.54, 1.807) is 43.3 Å². The normalized spacial score (nSPS) is 14.6. The molecule has 0 saturated heterocycles. The Labute approximate surface area is 231 Å². The lowest BCUT2D eigenvalue weighted by molar-refractivity contribution is -0.120. The van der Waals surface area contributed by atoms with E-state index in [4.69, 9.17) is 4.99 Å². The molecule has 3 amide bonds. The van der Waals surface area contributed by atoms with Gasteiger partial charge in [0.1, 0.15) is 5.82 Å². The van der Waals surface area contributed by atoms with Crippen molar-refractivity contribution in [2.24, 2.45) is 4.99 Å². The maximum absolute atomic E-state index is 14.0. The van der Waals surface area contributed by atoms with Gasteiger partial charge >= 0.3 is 6.03 Å². The van der Waals surface area contributed by atoms with Crippen molar-refractivity contribution in [3.8, 4) is 0 Å². The van der Waals surface area contributed by atoms with Crippen LogP contribution >= 0.6 is 0 Å². The third-order valence-electron chi connectivity index (χ3n) is 6.70. The molecule has 4 aromatic rings. The van der Waals surface area contributed by atoms with E-state index >= 15 is 0 Å². The van der Waals surface area contributed by atoms with Crippen molar-refractivity contribution in [2.45, 2.75) is 20.0 Å². The zero-order valence-corrected chi connectivity index (χ0v) is 22.0. The summed E-state index contributed by atoms with van der Waals surface area (Å²) in [5.41, 5.74) is 4.34. The monoisotopic (exact) mass is 534 g/mol. The summed E-state index contributed by atoms with van der Waals surface area (Å²) in [6.07, 6.45) is -1.36. The van der Waals surface area contributed by atoms with E-state index in [-0.39, 0.29) is 18.0 Å². The summed E-state index contributed by atoms with van der Waals surface area (Å²) in [5, 5.41) is 5.18. The molecule has 0 saturated carbocycles. The first kappa shape index (κ1) is 26.5. The molecule has 8 heteroatoms. The molecule has 1 aliphatic rings. The minimum atomic E-state index is -1.36. The molecule has 0 fully saturated rings. The predicted octanol–water partition coefficient (Wildman–Crippen LogP) is 5.66. The number of urea groups is 1. The lowest BCUT2D eigenvalue weighted by Gasteiger charge is -2.25. The highest BCUT2D eigenvalue weighted by Gasteiger charge is 2.34. The molecule has 2 N–H and O–H groups in total. The maximum Gasteiger partial charge on any atom is 0.321 e. The smallest absolute Gasteiger partial charge is 0.308 e. The van der Waals surface area contributed by atoms with E-state index in [2.05, 4.69) is 10.6 Å². The van der Waals surface area contributed by atoms with Crippen molar-refractivity contribution in [3.63, 3.8) is 0 Å². The van der Waals surface area contributed by atoms with Crippen LogP contribution in [0.5, 0.6) is 0 Å². The summed E-state index contributed by atoms with van der Waals surface area (Å²) in [6, 6.07) is 27.3. The Balaban J connectivity index is 1.53. The fourth-order valence-electron chi connectivity index (χ4n) is 4.59. The molecule has 40 heavy (non-hydrogen) atoms. The number of rotatable bonds is 6. The lowest BCUT2D eigenvalue weighted by Crippen LogP contribution is -2.50. The molecule has 1 aliphatic heterocycles. The van der Waals surface area contributed by atoms with E-state index in [1.165, 1.54) is 11.0 Å². The van der Waals surface area contributed by atoms with Crippen LogP contribution in [0.15, 0.2) is 102 Å². The SMILES string of the molecule is Cc1ccc(NC(=O)N[C@H]2N=C(c3ccccc3)c3ccccc3N(CC(=O)c3ccccc3C)C2=O)cc1F. The van der Waals surface area contributed by atoms with Gasteiger partial charge in [-0.1, -0.05) is 78.9 Å². The van der Waals surface area contributed by atoms with Crippen molar-refractivity contribution in [1.29, 1.82) is 0 Å². The lowest BCUT2D eigenvalue weighted by atomic mass is 9.99. The van der Waals surface area contributed by atoms with Crippen molar-refractivity contribution in [3.05, 3.63) is 131 Å². The molecule has 0 aromatic heterocycles. The van der Waals surface area contributed by atoms with Crippen molar-refractivity contribution < 1.29 is 18.8 Å². The number of carbonyl (C=O) groups is 3. The van der Waals surface area contributed by atoms with Gasteiger partial charge in [0.25, 0.3) is 5.91 Å². The molecule has 1 heterocycles. The number of benzodiazepines with no additional fused rings is 1. The molecule has 7 nitrogen and oxygen atoms in total. The second-order valence-electron chi connectivity index (χ2n) is 9.49. The zero-order chi connectivity index (χ0) is 28.2. The quantitative estimate of drug-likeness (QED) is 0.313. The molecule has 0 spiro atoms. The Morgan fingerprint density at radius 2 is 1.57 bits per heavy atom. The number of ketones is 1. The van der Waals surface area contributed by atoms with Gasteiger partial charge in [-0.25, -0.2) is 14.2 Å². The van der Waals surface area contributed by atoms with E-state index in [9.17, 15) is 18.8 Å².